The maximum atomic E-state index is 14.6. The summed E-state index contributed by atoms with van der Waals surface area (Å²) in [6.07, 6.45) is 5.73. The van der Waals surface area contributed by atoms with E-state index in [-0.39, 0.29) is 54.8 Å². The number of amides is 4. The Labute approximate surface area is 369 Å². The van der Waals surface area contributed by atoms with Crippen molar-refractivity contribution in [1.29, 1.82) is 0 Å². The van der Waals surface area contributed by atoms with E-state index in [1.165, 1.54) is 46.6 Å². The molecule has 1 saturated heterocycles. The SMILES string of the molecule is C=C[C@@H]1C[C@]1(N=C=O)C1NC(=O)[C@@H]2C[C@@H](Oc3cc(-c4csc(NC(C)C)n4)nc4cc(OC)ccc34)CN2C(=O)CCCCCCCC(=O)Nc2ccccc2S(=O)(=O)NC1=O. The van der Waals surface area contributed by atoms with Crippen LogP contribution in [0.1, 0.15) is 71.6 Å². The Balaban J connectivity index is 1.23. The lowest BCUT2D eigenvalue weighted by Gasteiger charge is -2.28. The molecule has 0 radical (unpaired) electrons. The van der Waals surface area contributed by atoms with Gasteiger partial charge in [0, 0.05) is 54.1 Å². The molecule has 3 aliphatic rings. The van der Waals surface area contributed by atoms with E-state index < -0.39 is 57.4 Å². The molecule has 7 rings (SSSR count). The molecule has 2 fully saturated rings. The largest absolute Gasteiger partial charge is 0.497 e. The van der Waals surface area contributed by atoms with Crippen molar-refractivity contribution in [3.63, 3.8) is 0 Å². The minimum absolute atomic E-state index is 0.000577. The lowest BCUT2D eigenvalue weighted by Crippen LogP contribution is -2.59. The van der Waals surface area contributed by atoms with Gasteiger partial charge >= 0.3 is 0 Å². The second kappa shape index (κ2) is 19.1. The van der Waals surface area contributed by atoms with Gasteiger partial charge in [0.25, 0.3) is 15.9 Å². The molecule has 0 bridgehead atoms. The van der Waals surface area contributed by atoms with E-state index in [0.29, 0.717) is 59.5 Å². The highest BCUT2D eigenvalue weighted by atomic mass is 32.2. The van der Waals surface area contributed by atoms with Gasteiger partial charge in [0.15, 0.2) is 5.13 Å². The van der Waals surface area contributed by atoms with Gasteiger partial charge < -0.3 is 30.3 Å². The first-order valence-electron chi connectivity index (χ1n) is 20.9. The van der Waals surface area contributed by atoms with E-state index in [1.54, 1.807) is 31.4 Å². The predicted molar refractivity (Wildman–Crippen MR) is 237 cm³/mol. The number of hydrogen-bond acceptors (Lipinski definition) is 14. The smallest absolute Gasteiger partial charge is 0.266 e. The third-order valence-corrected chi connectivity index (χ3v) is 13.6. The maximum Gasteiger partial charge on any atom is 0.266 e. The fourth-order valence-electron chi connectivity index (χ4n) is 8.17. The van der Waals surface area contributed by atoms with Gasteiger partial charge in [0.05, 0.1) is 30.6 Å². The van der Waals surface area contributed by atoms with Crippen LogP contribution in [0.15, 0.2) is 76.5 Å². The number of anilines is 2. The van der Waals surface area contributed by atoms with Gasteiger partial charge in [-0.05, 0) is 57.4 Å². The number of carbonyl (C=O) groups excluding carboxylic acids is 5. The fraction of sp³-hybridized carbons (Fsp3) is 0.432. The van der Waals surface area contributed by atoms with Crippen LogP contribution in [-0.4, -0.2) is 96.4 Å². The Morgan fingerprint density at radius 2 is 1.78 bits per heavy atom. The number of isocyanates is 1. The molecule has 1 aliphatic carbocycles. The van der Waals surface area contributed by atoms with E-state index in [9.17, 15) is 32.4 Å². The molecule has 332 valence electrons. The number of rotatable bonds is 9. The maximum absolute atomic E-state index is 14.6. The van der Waals surface area contributed by atoms with Crippen LogP contribution < -0.4 is 30.1 Å². The minimum Gasteiger partial charge on any atom is -0.497 e. The van der Waals surface area contributed by atoms with Gasteiger partial charge in [-0.25, -0.2) is 27.9 Å². The van der Waals surface area contributed by atoms with Crippen molar-refractivity contribution in [2.45, 2.75) is 106 Å². The van der Waals surface area contributed by atoms with Crippen molar-refractivity contribution in [2.24, 2.45) is 10.9 Å². The van der Waals surface area contributed by atoms with Crippen LogP contribution in [0, 0.1) is 5.92 Å². The molecule has 5 atom stereocenters. The molecule has 2 aromatic heterocycles. The quantitative estimate of drug-likeness (QED) is 0.0930. The fourth-order valence-corrected chi connectivity index (χ4v) is 10.2. The van der Waals surface area contributed by atoms with Gasteiger partial charge in [-0.2, -0.15) is 4.99 Å². The highest BCUT2D eigenvalue weighted by molar-refractivity contribution is 7.90. The average Bonchev–Trinajstić information content (AvgIpc) is 3.51. The Kier molecular flexibility index (Phi) is 13.6. The molecule has 1 unspecified atom stereocenters. The number of aliphatic imine (C=N–C) groups is 1. The molecule has 19 heteroatoms. The normalized spacial score (nSPS) is 24.5. The first-order valence-corrected chi connectivity index (χ1v) is 23.3. The lowest BCUT2D eigenvalue weighted by atomic mass is 10.0. The molecule has 4 N–H and O–H groups in total. The summed E-state index contributed by atoms with van der Waals surface area (Å²) in [6, 6.07) is 10.1. The molecule has 4 aromatic rings. The minimum atomic E-state index is -4.68. The standard InChI is InChI=1S/C44H50N8O9S2/c1-5-27-22-44(27,45-25-53)40-42(57)51-63(58,59)37-14-12-11-13-31(37)48-38(54)15-9-7-6-8-10-16-39(55)52-23-29(20-35(52)41(56)50-40)61-36-21-33(34-24-62-43(49-34)46-26(2)3)47-32-19-28(60-4)17-18-30(32)36/h5,11-14,17-19,21,24,26-27,29,35,40H,1,6-10,15-16,20,22-23H2,2-4H3,(H,46,49)(H,48,54)(H,50,56)(H,51,57)/t27-,29-,35+,40?,44-/m1/s1. The number of hydrogen-bond donors (Lipinski definition) is 4. The lowest BCUT2D eigenvalue weighted by molar-refractivity contribution is -0.139. The van der Waals surface area contributed by atoms with Gasteiger partial charge in [0.2, 0.25) is 23.8 Å². The van der Waals surface area contributed by atoms with Crippen LogP contribution in [0.25, 0.3) is 22.3 Å². The Morgan fingerprint density at radius 3 is 2.51 bits per heavy atom. The highest BCUT2D eigenvalue weighted by Crippen LogP contribution is 2.50. The van der Waals surface area contributed by atoms with Crippen LogP contribution in [0.5, 0.6) is 11.5 Å². The first-order chi connectivity index (χ1) is 30.2. The molecule has 2 aromatic carbocycles. The van der Waals surface area contributed by atoms with Crippen molar-refractivity contribution in [3.8, 4) is 22.9 Å². The number of para-hydroxylation sites is 1. The number of nitrogens with one attached hydrogen (secondary N) is 4. The summed E-state index contributed by atoms with van der Waals surface area (Å²) in [7, 11) is -3.13. The van der Waals surface area contributed by atoms with Crippen molar-refractivity contribution in [3.05, 3.63) is 66.6 Å². The molecule has 4 heterocycles. The van der Waals surface area contributed by atoms with Crippen LogP contribution in [0.3, 0.4) is 0 Å². The molecule has 1 saturated carbocycles. The topological polar surface area (TPSA) is 227 Å². The summed E-state index contributed by atoms with van der Waals surface area (Å²) in [5, 5.41) is 11.9. The summed E-state index contributed by atoms with van der Waals surface area (Å²) >= 11 is 1.44. The number of sulfonamides is 1. The number of aromatic nitrogens is 2. The molecule has 2 aliphatic heterocycles. The van der Waals surface area contributed by atoms with E-state index in [0.717, 1.165) is 11.6 Å². The number of nitrogens with zero attached hydrogens (tertiary/aromatic N) is 4. The van der Waals surface area contributed by atoms with Gasteiger partial charge in [-0.1, -0.05) is 37.5 Å². The number of fused-ring (bicyclic) bond motifs is 3. The summed E-state index contributed by atoms with van der Waals surface area (Å²) in [5.41, 5.74) is 0.0661. The Hall–Kier alpha value is -6.17. The zero-order valence-corrected chi connectivity index (χ0v) is 36.9. The van der Waals surface area contributed by atoms with E-state index >= 15 is 0 Å². The number of pyridine rings is 1. The van der Waals surface area contributed by atoms with Gasteiger partial charge in [-0.3, -0.25) is 19.2 Å². The van der Waals surface area contributed by atoms with Crippen molar-refractivity contribution in [2.75, 3.05) is 24.3 Å². The van der Waals surface area contributed by atoms with Crippen molar-refractivity contribution < 1.29 is 41.9 Å². The molecule has 0 spiro atoms. The van der Waals surface area contributed by atoms with Crippen molar-refractivity contribution >= 4 is 72.8 Å². The summed E-state index contributed by atoms with van der Waals surface area (Å²) < 4.78 is 42.0. The molecule has 4 amide bonds. The van der Waals surface area contributed by atoms with E-state index in [1.807, 2.05) is 30.0 Å². The van der Waals surface area contributed by atoms with Gasteiger partial charge in [0.1, 0.15) is 45.8 Å². The number of thiazole rings is 1. The average molecular weight is 899 g/mol. The number of methoxy groups -OCH3 is 1. The molecular formula is C44H50N8O9S2. The number of ether oxygens (including phenoxy) is 2. The molecule has 17 nitrogen and oxygen atoms in total. The zero-order valence-electron chi connectivity index (χ0n) is 35.2. The van der Waals surface area contributed by atoms with E-state index in [4.69, 9.17) is 19.4 Å². The third-order valence-electron chi connectivity index (χ3n) is 11.4. The second-order valence-electron chi connectivity index (χ2n) is 16.2. The van der Waals surface area contributed by atoms with E-state index in [2.05, 4.69) is 27.5 Å². The van der Waals surface area contributed by atoms with Crippen LogP contribution in [-0.2, 0) is 34.0 Å². The van der Waals surface area contributed by atoms with Crippen LogP contribution in [0.2, 0.25) is 0 Å². The monoisotopic (exact) mass is 898 g/mol. The van der Waals surface area contributed by atoms with Crippen molar-refractivity contribution in [1.82, 2.24) is 24.9 Å². The number of carbonyl (C=O) groups is 4. The Morgan fingerprint density at radius 1 is 1.02 bits per heavy atom. The van der Waals surface area contributed by atoms with Crippen LogP contribution in [0.4, 0.5) is 10.8 Å². The highest BCUT2D eigenvalue weighted by Gasteiger charge is 2.62. The third kappa shape index (κ3) is 10.1. The summed E-state index contributed by atoms with van der Waals surface area (Å²) in [5.74, 6) is -2.28. The second-order valence-corrected chi connectivity index (χ2v) is 18.7. The summed E-state index contributed by atoms with van der Waals surface area (Å²) in [4.78, 5) is 82.2. The number of benzene rings is 2. The van der Waals surface area contributed by atoms with Gasteiger partial charge in [-0.15, -0.1) is 17.9 Å². The summed E-state index contributed by atoms with van der Waals surface area (Å²) in [6.45, 7) is 7.82. The first kappa shape index (κ1) is 44.9. The Bertz CT molecular complexity index is 2580. The molecule has 63 heavy (non-hydrogen) atoms. The predicted octanol–water partition coefficient (Wildman–Crippen LogP) is 5.49. The van der Waals surface area contributed by atoms with Crippen LogP contribution >= 0.6 is 11.3 Å². The molecular weight excluding hydrogens is 849 g/mol. The zero-order chi connectivity index (χ0) is 44.9.